The molecule has 1 atom stereocenters. The number of hydrogen-bond donors (Lipinski definition) is 0. The molecule has 2 aromatic rings. The van der Waals surface area contributed by atoms with Crippen molar-refractivity contribution in [1.29, 1.82) is 0 Å². The number of ether oxygens (including phenoxy) is 6. The van der Waals surface area contributed by atoms with E-state index in [0.29, 0.717) is 47.2 Å². The largest absolute Gasteiger partial charge is 0.493 e. The first-order valence-electron chi connectivity index (χ1n) is 9.34. The number of methoxy groups -OCH3 is 5. The fourth-order valence-electron chi connectivity index (χ4n) is 3.09. The molecule has 7 nitrogen and oxygen atoms in total. The lowest BCUT2D eigenvalue weighted by atomic mass is 10.1. The normalized spacial score (nSPS) is 11.7. The molecule has 2 rings (SSSR count). The zero-order chi connectivity index (χ0) is 22.1. The highest BCUT2D eigenvalue weighted by molar-refractivity contribution is 5.75. The van der Waals surface area contributed by atoms with Crippen molar-refractivity contribution in [1.82, 2.24) is 0 Å². The minimum absolute atomic E-state index is 0.216. The zero-order valence-corrected chi connectivity index (χ0v) is 18.2. The molecule has 0 aromatic heterocycles. The summed E-state index contributed by atoms with van der Waals surface area (Å²) in [5.41, 5.74) is 1.72. The molecule has 0 spiro atoms. The summed E-state index contributed by atoms with van der Waals surface area (Å²) in [5.74, 6) is 3.22. The van der Waals surface area contributed by atoms with Crippen LogP contribution in [0.25, 0.3) is 6.08 Å². The fourth-order valence-corrected chi connectivity index (χ4v) is 3.09. The summed E-state index contributed by atoms with van der Waals surface area (Å²) < 4.78 is 33.3. The minimum atomic E-state index is -0.216. The van der Waals surface area contributed by atoms with Gasteiger partial charge in [-0.1, -0.05) is 6.08 Å². The van der Waals surface area contributed by atoms with Crippen LogP contribution in [0.4, 0.5) is 0 Å². The topological polar surface area (TPSA) is 72.5 Å². The van der Waals surface area contributed by atoms with E-state index in [0.717, 1.165) is 11.1 Å². The van der Waals surface area contributed by atoms with Gasteiger partial charge in [-0.2, -0.15) is 0 Å². The van der Waals surface area contributed by atoms with Crippen LogP contribution in [-0.2, 0) is 11.2 Å². The van der Waals surface area contributed by atoms with Crippen LogP contribution in [0.1, 0.15) is 18.1 Å². The lowest BCUT2D eigenvalue weighted by Crippen LogP contribution is -2.16. The highest BCUT2D eigenvalue weighted by Gasteiger charge is 2.19. The van der Waals surface area contributed by atoms with Crippen LogP contribution >= 0.6 is 0 Å². The lowest BCUT2D eigenvalue weighted by molar-refractivity contribution is -0.104. The number of aldehydes is 1. The maximum absolute atomic E-state index is 10.6. The van der Waals surface area contributed by atoms with Crippen molar-refractivity contribution in [2.45, 2.75) is 19.4 Å². The van der Waals surface area contributed by atoms with E-state index in [-0.39, 0.29) is 6.10 Å². The molecule has 0 fully saturated rings. The van der Waals surface area contributed by atoms with Crippen LogP contribution in [-0.4, -0.2) is 47.9 Å². The van der Waals surface area contributed by atoms with Gasteiger partial charge in [0.1, 0.15) is 12.4 Å². The SMILES string of the molecule is COc1cc(C[C@@H](C)Oc2c(OC)cc(/C=C\C=O)cc2OC)cc(OC)c1OC. The number of carbonyl (C=O) groups excluding carboxylic acids is 1. The van der Waals surface area contributed by atoms with Gasteiger partial charge >= 0.3 is 0 Å². The lowest BCUT2D eigenvalue weighted by Gasteiger charge is -2.21. The predicted octanol–water partition coefficient (Wildman–Crippen LogP) is 3.95. The quantitative estimate of drug-likeness (QED) is 0.406. The van der Waals surface area contributed by atoms with Crippen LogP contribution in [0.3, 0.4) is 0 Å². The average molecular weight is 416 g/mol. The summed E-state index contributed by atoms with van der Waals surface area (Å²) in [4.78, 5) is 10.6. The third kappa shape index (κ3) is 5.37. The molecule has 0 radical (unpaired) electrons. The Balaban J connectivity index is 2.31. The minimum Gasteiger partial charge on any atom is -0.493 e. The van der Waals surface area contributed by atoms with Crippen LogP contribution in [0.2, 0.25) is 0 Å². The monoisotopic (exact) mass is 416 g/mol. The molecule has 7 heteroatoms. The van der Waals surface area contributed by atoms with Gasteiger partial charge in [-0.05, 0) is 48.4 Å². The number of benzene rings is 2. The second-order valence-corrected chi connectivity index (χ2v) is 6.42. The van der Waals surface area contributed by atoms with E-state index in [1.807, 2.05) is 19.1 Å². The van der Waals surface area contributed by atoms with Gasteiger partial charge in [0, 0.05) is 6.42 Å². The summed E-state index contributed by atoms with van der Waals surface area (Å²) in [6.07, 6.45) is 4.15. The number of hydrogen-bond acceptors (Lipinski definition) is 7. The summed E-state index contributed by atoms with van der Waals surface area (Å²) in [5, 5.41) is 0. The molecule has 0 aliphatic carbocycles. The third-order valence-corrected chi connectivity index (χ3v) is 4.42. The second kappa shape index (κ2) is 11.0. The summed E-state index contributed by atoms with van der Waals surface area (Å²) in [6, 6.07) is 7.35. The maximum atomic E-state index is 10.6. The van der Waals surface area contributed by atoms with E-state index in [1.54, 1.807) is 53.8 Å². The van der Waals surface area contributed by atoms with Gasteiger partial charge in [0.15, 0.2) is 23.0 Å². The van der Waals surface area contributed by atoms with Crippen LogP contribution in [0.5, 0.6) is 34.5 Å². The maximum Gasteiger partial charge on any atom is 0.203 e. The molecule has 0 heterocycles. The summed E-state index contributed by atoms with van der Waals surface area (Å²) in [6.45, 7) is 1.95. The second-order valence-electron chi connectivity index (χ2n) is 6.42. The molecule has 0 aliphatic heterocycles. The smallest absolute Gasteiger partial charge is 0.203 e. The Labute approximate surface area is 177 Å². The van der Waals surface area contributed by atoms with Crippen molar-refractivity contribution in [3.05, 3.63) is 41.5 Å². The Hall–Kier alpha value is -3.35. The van der Waals surface area contributed by atoms with Crippen molar-refractivity contribution < 1.29 is 33.2 Å². The van der Waals surface area contributed by atoms with Gasteiger partial charge in [0.2, 0.25) is 11.5 Å². The van der Waals surface area contributed by atoms with Crippen LogP contribution in [0.15, 0.2) is 30.3 Å². The molecule has 0 bridgehead atoms. The summed E-state index contributed by atoms with van der Waals surface area (Å²) >= 11 is 0. The number of allylic oxidation sites excluding steroid dienone is 1. The fraction of sp³-hybridized carbons (Fsp3) is 0.348. The first-order valence-corrected chi connectivity index (χ1v) is 9.34. The van der Waals surface area contributed by atoms with Crippen molar-refractivity contribution in [2.75, 3.05) is 35.5 Å². The first-order chi connectivity index (χ1) is 14.5. The van der Waals surface area contributed by atoms with Gasteiger partial charge < -0.3 is 28.4 Å². The Morgan fingerprint density at radius 3 is 1.70 bits per heavy atom. The molecule has 0 aliphatic rings. The highest BCUT2D eigenvalue weighted by atomic mass is 16.5. The van der Waals surface area contributed by atoms with Gasteiger partial charge in [-0.3, -0.25) is 4.79 Å². The van der Waals surface area contributed by atoms with Crippen molar-refractivity contribution in [3.8, 4) is 34.5 Å². The molecule has 0 N–H and O–H groups in total. The highest BCUT2D eigenvalue weighted by Crippen LogP contribution is 2.41. The van der Waals surface area contributed by atoms with E-state index in [1.165, 1.54) is 6.08 Å². The van der Waals surface area contributed by atoms with E-state index in [4.69, 9.17) is 28.4 Å². The summed E-state index contributed by atoms with van der Waals surface area (Å²) in [7, 11) is 7.84. The molecule has 0 saturated carbocycles. The zero-order valence-electron chi connectivity index (χ0n) is 18.2. The van der Waals surface area contributed by atoms with Crippen molar-refractivity contribution in [2.24, 2.45) is 0 Å². The molecule has 0 unspecified atom stereocenters. The van der Waals surface area contributed by atoms with Crippen LogP contribution in [0, 0.1) is 0 Å². The van der Waals surface area contributed by atoms with Gasteiger partial charge in [0.25, 0.3) is 0 Å². The Morgan fingerprint density at radius 1 is 0.767 bits per heavy atom. The number of carbonyl (C=O) groups is 1. The Bertz CT molecular complexity index is 839. The molecular weight excluding hydrogens is 388 g/mol. The molecule has 2 aromatic carbocycles. The third-order valence-electron chi connectivity index (χ3n) is 4.42. The molecular formula is C23H28O7. The van der Waals surface area contributed by atoms with E-state index in [9.17, 15) is 4.79 Å². The van der Waals surface area contributed by atoms with E-state index >= 15 is 0 Å². The van der Waals surface area contributed by atoms with Crippen molar-refractivity contribution in [3.63, 3.8) is 0 Å². The Kier molecular flexibility index (Phi) is 8.41. The van der Waals surface area contributed by atoms with Crippen molar-refractivity contribution >= 4 is 12.4 Å². The van der Waals surface area contributed by atoms with E-state index < -0.39 is 0 Å². The Morgan fingerprint density at radius 2 is 1.27 bits per heavy atom. The number of rotatable bonds is 11. The predicted molar refractivity (Wildman–Crippen MR) is 115 cm³/mol. The van der Waals surface area contributed by atoms with Gasteiger partial charge in [0.05, 0.1) is 35.5 Å². The molecule has 0 saturated heterocycles. The molecule has 0 amide bonds. The van der Waals surface area contributed by atoms with Gasteiger partial charge in [-0.15, -0.1) is 0 Å². The molecule has 30 heavy (non-hydrogen) atoms. The molecule has 162 valence electrons. The van der Waals surface area contributed by atoms with E-state index in [2.05, 4.69) is 0 Å². The van der Waals surface area contributed by atoms with Crippen LogP contribution < -0.4 is 28.4 Å². The average Bonchev–Trinajstić information content (AvgIpc) is 2.77. The standard InChI is InChI=1S/C23H28O7/c1-15(10-17-13-18(25-2)22(29-6)19(14-17)26-3)30-23-20(27-4)11-16(8-7-9-24)12-21(23)28-5/h7-9,11-15H,10H2,1-6H3/b8-7-/t15-/m1/s1. The van der Waals surface area contributed by atoms with Gasteiger partial charge in [-0.25, -0.2) is 0 Å². The first kappa shape index (κ1) is 22.9.